The van der Waals surface area contributed by atoms with E-state index in [1.54, 1.807) is 0 Å². The van der Waals surface area contributed by atoms with Gasteiger partial charge in [-0.1, -0.05) is 27.2 Å². The fourth-order valence-corrected chi connectivity index (χ4v) is 8.14. The van der Waals surface area contributed by atoms with Crippen LogP contribution in [0.15, 0.2) is 0 Å². The van der Waals surface area contributed by atoms with Gasteiger partial charge < -0.3 is 0 Å². The van der Waals surface area contributed by atoms with Crippen molar-refractivity contribution in [1.29, 1.82) is 0 Å². The van der Waals surface area contributed by atoms with Crippen LogP contribution in [0.25, 0.3) is 0 Å². The molecule has 4 atom stereocenters. The molecule has 0 aromatic heterocycles. The monoisotopic (exact) mass is 292 g/mol. The molecule has 0 nitrogen and oxygen atoms in total. The van der Waals surface area contributed by atoms with Gasteiger partial charge in [-0.15, -0.1) is 22.9 Å². The summed E-state index contributed by atoms with van der Waals surface area (Å²) in [6.45, 7) is 7.29. The van der Waals surface area contributed by atoms with Crippen molar-refractivity contribution in [1.82, 2.24) is 0 Å². The first-order chi connectivity index (χ1) is 6.22. The fraction of sp³-hybridized carbons (Fsp3) is 0.917. The second-order valence-corrected chi connectivity index (χ2v) is 11.2. The van der Waals surface area contributed by atoms with Crippen LogP contribution in [0.2, 0.25) is 0 Å². The molecule has 0 bridgehead atoms. The van der Waals surface area contributed by atoms with Crippen LogP contribution in [-0.2, 0) is 0 Å². The van der Waals surface area contributed by atoms with Gasteiger partial charge in [-0.05, 0) is 29.1 Å². The van der Waals surface area contributed by atoms with Crippen LogP contribution in [0, 0.1) is 21.6 Å². The Morgan fingerprint density at radius 2 is 2.08 bits per heavy atom. The summed E-state index contributed by atoms with van der Waals surface area (Å²) in [5.41, 5.74) is 0. The van der Waals surface area contributed by atoms with Crippen molar-refractivity contribution < 1.29 is 0 Å². The molecule has 1 fully saturated rings. The Kier molecular flexibility index (Phi) is 3.04. The average molecular weight is 292 g/mol. The highest BCUT2D eigenvalue weighted by atomic mass is 127. The van der Waals surface area contributed by atoms with E-state index in [9.17, 15) is 0 Å². The highest BCUT2D eigenvalue weighted by molar-refractivity contribution is 14.2. The first-order valence-electron chi connectivity index (χ1n) is 5.62. The van der Waals surface area contributed by atoms with Crippen molar-refractivity contribution in [3.63, 3.8) is 0 Å². The lowest BCUT2D eigenvalue weighted by molar-refractivity contribution is 0.146. The van der Waals surface area contributed by atoms with E-state index in [-0.39, 0.29) is 0 Å². The zero-order valence-electron chi connectivity index (χ0n) is 9.02. The summed E-state index contributed by atoms with van der Waals surface area (Å²) in [7, 11) is 0. The van der Waals surface area contributed by atoms with Gasteiger partial charge in [0.1, 0.15) is 0 Å². The van der Waals surface area contributed by atoms with Crippen LogP contribution in [0.4, 0.5) is 0 Å². The normalized spacial score (nSPS) is 45.2. The Hall–Kier alpha value is 0.510. The van der Waals surface area contributed by atoms with Crippen molar-refractivity contribution in [3.8, 4) is 3.81 Å². The first kappa shape index (κ1) is 10.0. The molecular formula is C12H21I. The van der Waals surface area contributed by atoms with E-state index in [2.05, 4.69) is 24.6 Å². The number of halogens is 1. The maximum atomic E-state index is 3.98. The van der Waals surface area contributed by atoms with Gasteiger partial charge in [0.15, 0.2) is 0 Å². The van der Waals surface area contributed by atoms with Crippen LogP contribution in [0.3, 0.4) is 0 Å². The molecule has 0 aromatic carbocycles. The third-order valence-corrected chi connectivity index (χ3v) is 10.1. The quantitative estimate of drug-likeness (QED) is 0.507. The lowest BCUT2D eigenvalue weighted by Gasteiger charge is -2.37. The van der Waals surface area contributed by atoms with Gasteiger partial charge in [0, 0.05) is 9.84 Å². The molecule has 3 unspecified atom stereocenters. The van der Waals surface area contributed by atoms with Crippen molar-refractivity contribution in [2.75, 3.05) is 4.43 Å². The van der Waals surface area contributed by atoms with Crippen LogP contribution in [-0.4, -0.2) is 8.35 Å². The van der Waals surface area contributed by atoms with Crippen molar-refractivity contribution in [3.05, 3.63) is 0 Å². The summed E-state index contributed by atoms with van der Waals surface area (Å²) in [6, 6.07) is 0. The molecule has 2 rings (SSSR count). The summed E-state index contributed by atoms with van der Waals surface area (Å²) < 4.78 is 6.50. The van der Waals surface area contributed by atoms with E-state index < -0.39 is 19.1 Å². The van der Waals surface area contributed by atoms with E-state index in [1.165, 1.54) is 23.7 Å². The summed E-state index contributed by atoms with van der Waals surface area (Å²) in [5.74, 6) is 2.97. The predicted octanol–water partition coefficient (Wildman–Crippen LogP) is 3.93. The van der Waals surface area contributed by atoms with Gasteiger partial charge in [0.05, 0.1) is 0 Å². The van der Waals surface area contributed by atoms with Gasteiger partial charge in [0.2, 0.25) is 0 Å². The summed E-state index contributed by atoms with van der Waals surface area (Å²) >= 11 is -0.696. The van der Waals surface area contributed by atoms with E-state index in [4.69, 9.17) is 0 Å². The Morgan fingerprint density at radius 1 is 1.31 bits per heavy atom. The first-order valence-corrected chi connectivity index (χ1v) is 9.47. The number of alkyl halides is 2. The number of hydrogen-bond donors (Lipinski definition) is 0. The third kappa shape index (κ3) is 1.83. The minimum atomic E-state index is -0.696. The third-order valence-electron chi connectivity index (χ3n) is 3.80. The molecule has 0 saturated heterocycles. The van der Waals surface area contributed by atoms with Crippen LogP contribution in [0.1, 0.15) is 40.0 Å². The molecule has 76 valence electrons. The summed E-state index contributed by atoms with van der Waals surface area (Å²) in [6.07, 6.45) is 4.48. The second kappa shape index (κ2) is 3.94. The molecule has 1 heterocycles. The van der Waals surface area contributed by atoms with Crippen LogP contribution >= 0.6 is 19.1 Å². The molecule has 1 aliphatic carbocycles. The molecule has 1 saturated carbocycles. The van der Waals surface area contributed by atoms with Gasteiger partial charge in [0.25, 0.3) is 0 Å². The van der Waals surface area contributed by atoms with E-state index in [0.717, 1.165) is 21.7 Å². The Labute approximate surface area is 89.0 Å². The predicted molar refractivity (Wildman–Crippen MR) is 67.9 cm³/mol. The van der Waals surface area contributed by atoms with Gasteiger partial charge in [-0.25, -0.2) is 0 Å². The fourth-order valence-electron chi connectivity index (χ4n) is 2.68. The van der Waals surface area contributed by atoms with Gasteiger partial charge in [-0.2, -0.15) is 0 Å². The number of rotatable bonds is 1. The lowest BCUT2D eigenvalue weighted by atomic mass is 9.67. The standard InChI is InChI=1S/C12H21I/c1-4-13-8-11(7-10(13)3)12-6-5-9(12)2/h9-12H,4-7H2,1-3H3/t9-,10?,11?,12?/m0/s1. The zero-order valence-corrected chi connectivity index (χ0v) is 11.2. The molecular weight excluding hydrogens is 271 g/mol. The molecule has 1 heteroatoms. The Bertz CT molecular complexity index is 268. The van der Waals surface area contributed by atoms with E-state index in [0.29, 0.717) is 0 Å². The van der Waals surface area contributed by atoms with Crippen molar-refractivity contribution in [2.24, 2.45) is 17.8 Å². The van der Waals surface area contributed by atoms with Gasteiger partial charge in [-0.3, -0.25) is 0 Å². The van der Waals surface area contributed by atoms with Crippen LogP contribution < -0.4 is 0 Å². The SMILES string of the molecule is CCI1#CC(C2CC[C@@H]2C)CC1C. The highest BCUT2D eigenvalue weighted by Gasteiger charge is 2.35. The average Bonchev–Trinajstić information content (AvgIpc) is 2.44. The molecule has 0 radical (unpaired) electrons. The minimum absolute atomic E-state index is 0.696. The maximum Gasteiger partial charge on any atom is 0.0214 e. The maximum absolute atomic E-state index is 3.98. The highest BCUT2D eigenvalue weighted by Crippen LogP contribution is 2.48. The molecule has 1 aliphatic heterocycles. The summed E-state index contributed by atoms with van der Waals surface area (Å²) in [5, 5.41) is 0. The van der Waals surface area contributed by atoms with E-state index >= 15 is 0 Å². The smallest absolute Gasteiger partial charge is 0.0214 e. The lowest BCUT2D eigenvalue weighted by Crippen LogP contribution is -2.29. The number of hydrogen-bond acceptors (Lipinski definition) is 0. The minimum Gasteiger partial charge on any atom is -0.130 e. The molecule has 2 aliphatic rings. The molecule has 0 N–H and O–H groups in total. The molecule has 0 aromatic rings. The Morgan fingerprint density at radius 3 is 2.46 bits per heavy atom. The van der Waals surface area contributed by atoms with Crippen molar-refractivity contribution in [2.45, 2.75) is 44.0 Å². The van der Waals surface area contributed by atoms with E-state index in [1.807, 2.05) is 0 Å². The van der Waals surface area contributed by atoms with Crippen LogP contribution in [0.5, 0.6) is 0 Å². The topological polar surface area (TPSA) is 0 Å². The van der Waals surface area contributed by atoms with Gasteiger partial charge >= 0.3 is 0 Å². The zero-order chi connectivity index (χ0) is 9.42. The second-order valence-electron chi connectivity index (χ2n) is 4.61. The molecule has 13 heavy (non-hydrogen) atoms. The molecule has 0 amide bonds. The summed E-state index contributed by atoms with van der Waals surface area (Å²) in [4.78, 5) is 0. The van der Waals surface area contributed by atoms with Crippen molar-refractivity contribution >= 4 is 19.1 Å². The molecule has 0 spiro atoms. The largest absolute Gasteiger partial charge is 0.130 e. The Balaban J connectivity index is 2.03.